The van der Waals surface area contributed by atoms with Gasteiger partial charge in [-0.25, -0.2) is 0 Å². The van der Waals surface area contributed by atoms with E-state index >= 15 is 0 Å². The van der Waals surface area contributed by atoms with Crippen molar-refractivity contribution in [2.75, 3.05) is 19.7 Å². The van der Waals surface area contributed by atoms with Gasteiger partial charge in [0.05, 0.1) is 6.10 Å². The van der Waals surface area contributed by atoms with Crippen LogP contribution in [0.15, 0.2) is 0 Å². The van der Waals surface area contributed by atoms with Gasteiger partial charge in [-0.15, -0.1) is 0 Å². The second-order valence-corrected chi connectivity index (χ2v) is 4.56. The molecule has 15 heavy (non-hydrogen) atoms. The van der Waals surface area contributed by atoms with Gasteiger partial charge in [0, 0.05) is 12.6 Å². The van der Waals surface area contributed by atoms with Gasteiger partial charge in [-0.2, -0.15) is 0 Å². The molecule has 0 radical (unpaired) electrons. The van der Waals surface area contributed by atoms with E-state index in [1.165, 1.54) is 32.1 Å². The van der Waals surface area contributed by atoms with Gasteiger partial charge in [-0.3, -0.25) is 0 Å². The molecule has 1 saturated heterocycles. The summed E-state index contributed by atoms with van der Waals surface area (Å²) in [6.07, 6.45) is 7.90. The minimum atomic E-state index is 0.533. The predicted octanol–water partition coefficient (Wildman–Crippen LogP) is 1.66. The molecule has 3 N–H and O–H groups in total. The van der Waals surface area contributed by atoms with Crippen LogP contribution in [0.3, 0.4) is 0 Å². The zero-order valence-electron chi connectivity index (χ0n) is 10.0. The quantitative estimate of drug-likeness (QED) is 0.634. The van der Waals surface area contributed by atoms with Crippen LogP contribution in [0.5, 0.6) is 0 Å². The van der Waals surface area contributed by atoms with Crippen molar-refractivity contribution in [2.45, 2.75) is 57.6 Å². The molecule has 0 aromatic carbocycles. The maximum absolute atomic E-state index is 5.68. The van der Waals surface area contributed by atoms with E-state index in [0.717, 1.165) is 26.1 Å². The van der Waals surface area contributed by atoms with E-state index in [-0.39, 0.29) is 0 Å². The first-order chi connectivity index (χ1) is 7.33. The summed E-state index contributed by atoms with van der Waals surface area (Å²) in [5, 5.41) is 3.49. The molecular formula is C12H26N2O. The van der Waals surface area contributed by atoms with Crippen molar-refractivity contribution in [3.8, 4) is 0 Å². The molecule has 0 aliphatic carbocycles. The van der Waals surface area contributed by atoms with Gasteiger partial charge in [-0.05, 0) is 58.5 Å². The molecule has 0 aromatic rings. The normalized spacial score (nSPS) is 24.0. The van der Waals surface area contributed by atoms with E-state index < -0.39 is 0 Å². The van der Waals surface area contributed by atoms with Gasteiger partial charge in [0.25, 0.3) is 0 Å². The molecule has 0 spiro atoms. The summed E-state index contributed by atoms with van der Waals surface area (Å²) in [5.41, 5.74) is 5.49. The van der Waals surface area contributed by atoms with Crippen molar-refractivity contribution in [1.82, 2.24) is 5.32 Å². The van der Waals surface area contributed by atoms with E-state index in [0.29, 0.717) is 12.1 Å². The maximum atomic E-state index is 5.68. The van der Waals surface area contributed by atoms with Gasteiger partial charge >= 0.3 is 0 Å². The van der Waals surface area contributed by atoms with Crippen LogP contribution in [0.2, 0.25) is 0 Å². The first-order valence-corrected chi connectivity index (χ1v) is 6.38. The van der Waals surface area contributed by atoms with Gasteiger partial charge in [0.1, 0.15) is 0 Å². The highest BCUT2D eigenvalue weighted by molar-refractivity contribution is 4.66. The lowest BCUT2D eigenvalue weighted by Crippen LogP contribution is -2.30. The van der Waals surface area contributed by atoms with E-state index in [4.69, 9.17) is 10.5 Å². The second kappa shape index (κ2) is 8.08. The molecular weight excluding hydrogens is 188 g/mol. The molecule has 0 aromatic heterocycles. The standard InChI is InChI=1S/C12H26N2O/c1-11(7-8-13)14-9-4-6-12-5-2-3-10-15-12/h11-12,14H,2-10,13H2,1H3. The first kappa shape index (κ1) is 12.9. The van der Waals surface area contributed by atoms with Crippen molar-refractivity contribution in [3.63, 3.8) is 0 Å². The summed E-state index contributed by atoms with van der Waals surface area (Å²) in [5.74, 6) is 0. The Morgan fingerprint density at radius 1 is 1.47 bits per heavy atom. The number of nitrogens with two attached hydrogens (primary N) is 1. The van der Waals surface area contributed by atoms with Gasteiger partial charge in [0.2, 0.25) is 0 Å². The molecule has 3 heteroatoms. The average molecular weight is 214 g/mol. The Labute approximate surface area is 93.8 Å². The van der Waals surface area contributed by atoms with Crippen LogP contribution < -0.4 is 11.1 Å². The number of hydrogen-bond donors (Lipinski definition) is 2. The number of hydrogen-bond acceptors (Lipinski definition) is 3. The molecule has 1 heterocycles. The molecule has 0 amide bonds. The fourth-order valence-electron chi connectivity index (χ4n) is 2.07. The topological polar surface area (TPSA) is 47.3 Å². The van der Waals surface area contributed by atoms with Crippen molar-refractivity contribution < 1.29 is 4.74 Å². The lowest BCUT2D eigenvalue weighted by molar-refractivity contribution is 0.0101. The second-order valence-electron chi connectivity index (χ2n) is 4.56. The molecule has 1 fully saturated rings. The van der Waals surface area contributed by atoms with Crippen LogP contribution in [0.25, 0.3) is 0 Å². The Kier molecular flexibility index (Phi) is 6.98. The summed E-state index contributed by atoms with van der Waals surface area (Å²) >= 11 is 0. The minimum absolute atomic E-state index is 0.533. The average Bonchev–Trinajstić information content (AvgIpc) is 2.26. The van der Waals surface area contributed by atoms with Gasteiger partial charge < -0.3 is 15.8 Å². The fourth-order valence-corrected chi connectivity index (χ4v) is 2.07. The highest BCUT2D eigenvalue weighted by Crippen LogP contribution is 2.16. The smallest absolute Gasteiger partial charge is 0.0575 e. The first-order valence-electron chi connectivity index (χ1n) is 6.38. The lowest BCUT2D eigenvalue weighted by Gasteiger charge is -2.22. The van der Waals surface area contributed by atoms with Crippen molar-refractivity contribution in [1.29, 1.82) is 0 Å². The Hall–Kier alpha value is -0.120. The number of rotatable bonds is 7. The highest BCUT2D eigenvalue weighted by atomic mass is 16.5. The minimum Gasteiger partial charge on any atom is -0.378 e. The summed E-state index contributed by atoms with van der Waals surface area (Å²) in [6, 6.07) is 0.558. The third-order valence-electron chi connectivity index (χ3n) is 3.07. The van der Waals surface area contributed by atoms with Crippen molar-refractivity contribution in [2.24, 2.45) is 5.73 Å². The van der Waals surface area contributed by atoms with E-state index in [2.05, 4.69) is 12.2 Å². The summed E-state index contributed by atoms with van der Waals surface area (Å²) in [7, 11) is 0. The van der Waals surface area contributed by atoms with Crippen LogP contribution in [0.1, 0.15) is 45.4 Å². The molecule has 2 atom stereocenters. The van der Waals surface area contributed by atoms with Crippen LogP contribution in [-0.4, -0.2) is 31.8 Å². The van der Waals surface area contributed by atoms with Gasteiger partial charge in [-0.1, -0.05) is 0 Å². The third kappa shape index (κ3) is 6.13. The summed E-state index contributed by atoms with van der Waals surface area (Å²) in [6.45, 7) is 5.05. The fraction of sp³-hybridized carbons (Fsp3) is 1.00. The monoisotopic (exact) mass is 214 g/mol. The van der Waals surface area contributed by atoms with Crippen molar-refractivity contribution in [3.05, 3.63) is 0 Å². The van der Waals surface area contributed by atoms with Crippen LogP contribution in [0, 0.1) is 0 Å². The van der Waals surface area contributed by atoms with Crippen LogP contribution >= 0.6 is 0 Å². The van der Waals surface area contributed by atoms with Gasteiger partial charge in [0.15, 0.2) is 0 Å². The Balaban J connectivity index is 1.91. The molecule has 0 bridgehead atoms. The van der Waals surface area contributed by atoms with E-state index in [9.17, 15) is 0 Å². The summed E-state index contributed by atoms with van der Waals surface area (Å²) < 4.78 is 5.68. The summed E-state index contributed by atoms with van der Waals surface area (Å²) in [4.78, 5) is 0. The molecule has 3 nitrogen and oxygen atoms in total. The van der Waals surface area contributed by atoms with Crippen LogP contribution in [-0.2, 0) is 4.74 Å². The lowest BCUT2D eigenvalue weighted by atomic mass is 10.0. The molecule has 1 aliphatic rings. The van der Waals surface area contributed by atoms with E-state index in [1.807, 2.05) is 0 Å². The molecule has 2 unspecified atom stereocenters. The Morgan fingerprint density at radius 2 is 2.33 bits per heavy atom. The Bertz CT molecular complexity index is 147. The molecule has 1 aliphatic heterocycles. The SMILES string of the molecule is CC(CCN)NCCCC1CCCCO1. The predicted molar refractivity (Wildman–Crippen MR) is 64.0 cm³/mol. The van der Waals surface area contributed by atoms with Crippen molar-refractivity contribution >= 4 is 0 Å². The highest BCUT2D eigenvalue weighted by Gasteiger charge is 2.12. The molecule has 90 valence electrons. The molecule has 1 rings (SSSR count). The molecule has 0 saturated carbocycles. The zero-order valence-corrected chi connectivity index (χ0v) is 10.0. The largest absolute Gasteiger partial charge is 0.378 e. The van der Waals surface area contributed by atoms with E-state index in [1.54, 1.807) is 0 Å². The Morgan fingerprint density at radius 3 is 3.00 bits per heavy atom. The number of ether oxygens (including phenoxy) is 1. The zero-order chi connectivity index (χ0) is 10.9. The number of nitrogens with one attached hydrogen (secondary N) is 1. The third-order valence-corrected chi connectivity index (χ3v) is 3.07. The van der Waals surface area contributed by atoms with Crippen LogP contribution in [0.4, 0.5) is 0 Å². The maximum Gasteiger partial charge on any atom is 0.0575 e.